The first-order valence-corrected chi connectivity index (χ1v) is 11.4. The first-order valence-electron chi connectivity index (χ1n) is 11.0. The smallest absolute Gasteiger partial charge is 0.409 e. The van der Waals surface area contributed by atoms with E-state index in [0.29, 0.717) is 55.7 Å². The molecule has 0 aliphatic carbocycles. The van der Waals surface area contributed by atoms with Crippen LogP contribution >= 0.6 is 11.6 Å². The molecule has 1 aliphatic heterocycles. The molecular formula is C25H26ClN3O4. The van der Waals surface area contributed by atoms with E-state index in [1.165, 1.54) is 0 Å². The zero-order valence-corrected chi connectivity index (χ0v) is 19.5. The molecular weight excluding hydrogens is 442 g/mol. The molecule has 1 aliphatic rings. The highest BCUT2D eigenvalue weighted by Crippen LogP contribution is 2.32. The number of carbonyl (C=O) groups excluding carboxylic acids is 2. The zero-order chi connectivity index (χ0) is 23.4. The Morgan fingerprint density at radius 2 is 1.73 bits per heavy atom. The van der Waals surface area contributed by atoms with Crippen molar-refractivity contribution in [1.82, 2.24) is 14.8 Å². The zero-order valence-electron chi connectivity index (χ0n) is 18.7. The van der Waals surface area contributed by atoms with Gasteiger partial charge in [-0.25, -0.2) is 9.78 Å². The Morgan fingerprint density at radius 3 is 2.42 bits per heavy atom. The van der Waals surface area contributed by atoms with Crippen molar-refractivity contribution in [3.05, 3.63) is 59.1 Å². The summed E-state index contributed by atoms with van der Waals surface area (Å²) in [7, 11) is 0. The van der Waals surface area contributed by atoms with Crippen LogP contribution in [0.3, 0.4) is 0 Å². The molecule has 0 N–H and O–H groups in total. The maximum Gasteiger partial charge on any atom is 0.409 e. The Kier molecular flexibility index (Phi) is 6.99. The molecule has 1 saturated heterocycles. The van der Waals surface area contributed by atoms with Crippen LogP contribution in [0.1, 0.15) is 24.2 Å². The number of halogens is 1. The molecule has 3 aromatic rings. The Bertz CT molecular complexity index is 1180. The predicted octanol–water partition coefficient (Wildman–Crippen LogP) is 4.87. The number of carbonyl (C=O) groups is 2. The number of aromatic nitrogens is 1. The summed E-state index contributed by atoms with van der Waals surface area (Å²) in [6.45, 7) is 6.34. The third-order valence-corrected chi connectivity index (χ3v) is 5.77. The highest BCUT2D eigenvalue weighted by atomic mass is 35.5. The van der Waals surface area contributed by atoms with E-state index < -0.39 is 0 Å². The number of hydrogen-bond acceptors (Lipinski definition) is 5. The summed E-state index contributed by atoms with van der Waals surface area (Å²) in [5, 5.41) is 1.41. The summed E-state index contributed by atoms with van der Waals surface area (Å²) in [6.07, 6.45) is -0.335. The third-order valence-electron chi connectivity index (χ3n) is 5.53. The van der Waals surface area contributed by atoms with Crippen molar-refractivity contribution in [2.75, 3.05) is 39.4 Å². The monoisotopic (exact) mass is 467 g/mol. The molecule has 2 heterocycles. The summed E-state index contributed by atoms with van der Waals surface area (Å²) in [6, 6.07) is 14.8. The van der Waals surface area contributed by atoms with E-state index in [1.54, 1.807) is 22.8 Å². The quantitative estimate of drug-likeness (QED) is 0.535. The van der Waals surface area contributed by atoms with E-state index in [0.717, 1.165) is 22.2 Å². The van der Waals surface area contributed by atoms with E-state index >= 15 is 0 Å². The average Bonchev–Trinajstić information content (AvgIpc) is 2.83. The Balaban J connectivity index is 1.60. The van der Waals surface area contributed by atoms with Gasteiger partial charge in [-0.1, -0.05) is 23.7 Å². The summed E-state index contributed by atoms with van der Waals surface area (Å²) in [5.74, 6) is 0.584. The maximum absolute atomic E-state index is 13.2. The van der Waals surface area contributed by atoms with Crippen LogP contribution in [0.4, 0.5) is 4.79 Å². The summed E-state index contributed by atoms with van der Waals surface area (Å²) in [4.78, 5) is 33.2. The molecule has 8 heteroatoms. The molecule has 2 amide bonds. The summed E-state index contributed by atoms with van der Waals surface area (Å²) >= 11 is 6.16. The second-order valence-corrected chi connectivity index (χ2v) is 8.10. The lowest BCUT2D eigenvalue weighted by Gasteiger charge is -2.34. The molecule has 7 nitrogen and oxygen atoms in total. The van der Waals surface area contributed by atoms with Crippen molar-refractivity contribution >= 4 is 34.5 Å². The number of ether oxygens (including phenoxy) is 2. The molecule has 0 atom stereocenters. The number of benzene rings is 2. The highest BCUT2D eigenvalue weighted by molar-refractivity contribution is 6.30. The standard InChI is InChI=1S/C25H26ClN3O4/c1-3-32-23-16-22(17-6-5-7-19(26)14-17)27-21-9-8-18(15-20(21)23)24(30)28-10-12-29(13-11-28)25(31)33-4-2/h5-9,14-16H,3-4,10-13H2,1-2H3. The van der Waals surface area contributed by atoms with Crippen molar-refractivity contribution in [2.24, 2.45) is 0 Å². The number of rotatable bonds is 5. The molecule has 4 rings (SSSR count). The van der Waals surface area contributed by atoms with Gasteiger partial charge in [0.15, 0.2) is 0 Å². The Hall–Kier alpha value is -3.32. The number of piperazine rings is 1. The van der Waals surface area contributed by atoms with Gasteiger partial charge in [-0.05, 0) is 44.2 Å². The lowest BCUT2D eigenvalue weighted by atomic mass is 10.1. The van der Waals surface area contributed by atoms with E-state index in [9.17, 15) is 9.59 Å². The fourth-order valence-corrected chi connectivity index (χ4v) is 4.08. The van der Waals surface area contributed by atoms with Crippen LogP contribution in [-0.4, -0.2) is 66.2 Å². The van der Waals surface area contributed by atoms with E-state index in [2.05, 4.69) is 0 Å². The van der Waals surface area contributed by atoms with Crippen LogP contribution in [0, 0.1) is 0 Å². The van der Waals surface area contributed by atoms with Crippen molar-refractivity contribution in [1.29, 1.82) is 0 Å². The normalized spacial score (nSPS) is 13.8. The number of hydrogen-bond donors (Lipinski definition) is 0. The van der Waals surface area contributed by atoms with Gasteiger partial charge < -0.3 is 19.3 Å². The second-order valence-electron chi connectivity index (χ2n) is 7.66. The van der Waals surface area contributed by atoms with E-state index in [-0.39, 0.29) is 12.0 Å². The van der Waals surface area contributed by atoms with E-state index in [4.69, 9.17) is 26.1 Å². The van der Waals surface area contributed by atoms with Gasteiger partial charge in [0, 0.05) is 53.8 Å². The molecule has 1 fully saturated rings. The number of fused-ring (bicyclic) bond motifs is 1. The van der Waals surface area contributed by atoms with Crippen LogP contribution in [0.25, 0.3) is 22.2 Å². The van der Waals surface area contributed by atoms with Crippen LogP contribution in [0.2, 0.25) is 5.02 Å². The van der Waals surface area contributed by atoms with Gasteiger partial charge in [0.1, 0.15) is 5.75 Å². The van der Waals surface area contributed by atoms with Gasteiger partial charge in [-0.3, -0.25) is 4.79 Å². The van der Waals surface area contributed by atoms with Crippen molar-refractivity contribution in [3.63, 3.8) is 0 Å². The minimum atomic E-state index is -0.335. The number of amides is 2. The third kappa shape index (κ3) is 5.03. The van der Waals surface area contributed by atoms with Gasteiger partial charge in [-0.15, -0.1) is 0 Å². The summed E-state index contributed by atoms with van der Waals surface area (Å²) in [5.41, 5.74) is 2.94. The number of pyridine rings is 1. The molecule has 172 valence electrons. The van der Waals surface area contributed by atoms with E-state index in [1.807, 2.05) is 49.4 Å². The first kappa shape index (κ1) is 22.9. The van der Waals surface area contributed by atoms with Crippen molar-refractivity contribution in [3.8, 4) is 17.0 Å². The fourth-order valence-electron chi connectivity index (χ4n) is 3.89. The number of nitrogens with zero attached hydrogens (tertiary/aromatic N) is 3. The molecule has 0 unspecified atom stereocenters. The van der Waals surface area contributed by atoms with Gasteiger partial charge in [0.05, 0.1) is 24.4 Å². The molecule has 0 spiro atoms. The van der Waals surface area contributed by atoms with Crippen LogP contribution in [-0.2, 0) is 4.74 Å². The van der Waals surface area contributed by atoms with Gasteiger partial charge in [-0.2, -0.15) is 0 Å². The Morgan fingerprint density at radius 1 is 0.970 bits per heavy atom. The first-order chi connectivity index (χ1) is 16.0. The highest BCUT2D eigenvalue weighted by Gasteiger charge is 2.26. The minimum Gasteiger partial charge on any atom is -0.493 e. The van der Waals surface area contributed by atoms with Crippen molar-refractivity contribution < 1.29 is 19.1 Å². The molecule has 1 aromatic heterocycles. The van der Waals surface area contributed by atoms with Crippen LogP contribution in [0.15, 0.2) is 48.5 Å². The van der Waals surface area contributed by atoms with Crippen LogP contribution in [0.5, 0.6) is 5.75 Å². The summed E-state index contributed by atoms with van der Waals surface area (Å²) < 4.78 is 10.9. The predicted molar refractivity (Wildman–Crippen MR) is 128 cm³/mol. The van der Waals surface area contributed by atoms with Crippen LogP contribution < -0.4 is 4.74 Å². The SMILES string of the molecule is CCOC(=O)N1CCN(C(=O)c2ccc3nc(-c4cccc(Cl)c4)cc(OCC)c3c2)CC1. The molecule has 0 saturated carbocycles. The fraction of sp³-hybridized carbons (Fsp3) is 0.320. The maximum atomic E-state index is 13.2. The molecule has 2 aromatic carbocycles. The second kappa shape index (κ2) is 10.1. The molecule has 0 bridgehead atoms. The lowest BCUT2D eigenvalue weighted by Crippen LogP contribution is -2.50. The topological polar surface area (TPSA) is 72.0 Å². The van der Waals surface area contributed by atoms with Gasteiger partial charge in [0.25, 0.3) is 5.91 Å². The van der Waals surface area contributed by atoms with Gasteiger partial charge >= 0.3 is 6.09 Å². The largest absolute Gasteiger partial charge is 0.493 e. The van der Waals surface area contributed by atoms with Crippen molar-refractivity contribution in [2.45, 2.75) is 13.8 Å². The average molecular weight is 468 g/mol. The molecule has 0 radical (unpaired) electrons. The van der Waals surface area contributed by atoms with Gasteiger partial charge in [0.2, 0.25) is 0 Å². The lowest BCUT2D eigenvalue weighted by molar-refractivity contribution is 0.0570. The Labute approximate surface area is 197 Å². The minimum absolute atomic E-state index is 0.0817. The molecule has 33 heavy (non-hydrogen) atoms.